The molecule has 4 N–H and O–H groups in total. The number of nitrogens with zero attached hydrogens (tertiary/aromatic N) is 6. The fourth-order valence-corrected chi connectivity index (χ4v) is 2.75. The molecule has 164 valence electrons. The van der Waals surface area contributed by atoms with Gasteiger partial charge in [0.15, 0.2) is 0 Å². The summed E-state index contributed by atoms with van der Waals surface area (Å²) in [6.45, 7) is 10.8. The van der Waals surface area contributed by atoms with Crippen LogP contribution in [-0.2, 0) is 6.54 Å². The summed E-state index contributed by atoms with van der Waals surface area (Å²) in [5.41, 5.74) is 3.17. The highest BCUT2D eigenvalue weighted by molar-refractivity contribution is 5.92. The number of aryl methyl sites for hydroxylation is 1. The number of hydrazine groups is 1. The van der Waals surface area contributed by atoms with Crippen LogP contribution in [-0.4, -0.2) is 72.5 Å². The van der Waals surface area contributed by atoms with Gasteiger partial charge in [0, 0.05) is 26.6 Å². The van der Waals surface area contributed by atoms with E-state index in [1.165, 1.54) is 17.0 Å². The zero-order chi connectivity index (χ0) is 22.2. The zero-order valence-corrected chi connectivity index (χ0v) is 17.9. The van der Waals surface area contributed by atoms with Crippen molar-refractivity contribution in [2.24, 2.45) is 10.3 Å². The highest BCUT2D eigenvalue weighted by atomic mass is 16.6. The molecule has 0 spiro atoms. The van der Waals surface area contributed by atoms with Crippen molar-refractivity contribution in [3.8, 4) is 0 Å². The average molecular weight is 412 g/mol. The molecule has 0 aliphatic carbocycles. The predicted octanol–water partition coefficient (Wildman–Crippen LogP) is 1.44. The van der Waals surface area contributed by atoms with Gasteiger partial charge in [-0.05, 0) is 39.5 Å². The topological polar surface area (TPSA) is 153 Å². The molecule has 0 aliphatic rings. The lowest BCUT2D eigenvalue weighted by molar-refractivity contribution is -0.396. The maximum absolute atomic E-state index is 11.0. The molecule has 0 amide bonds. The molecule has 0 saturated carbocycles. The van der Waals surface area contributed by atoms with Crippen molar-refractivity contribution >= 4 is 17.4 Å². The molecule has 12 nitrogen and oxygen atoms in total. The highest BCUT2D eigenvalue weighted by Gasteiger charge is 2.28. The van der Waals surface area contributed by atoms with E-state index < -0.39 is 16.0 Å². The maximum Gasteiger partial charge on any atom is 0.434 e. The standard InChI is InChI=1S/C17H32N8O4/c1-13(20-26)16(2,3)19-9-11-23(6)22-17(4,5)14(21-27)7-10-24-12-8-18-15(24)25(28)29/h8,12,19,22,26-27H,7,9-11H2,1-6H3. The molecule has 1 heterocycles. The molecule has 0 aliphatic heterocycles. The number of nitrogens with one attached hydrogen (secondary N) is 2. The van der Waals surface area contributed by atoms with Gasteiger partial charge in [0.05, 0.1) is 29.0 Å². The van der Waals surface area contributed by atoms with E-state index in [9.17, 15) is 15.3 Å². The molecule has 1 rings (SSSR count). The first-order chi connectivity index (χ1) is 13.4. The smallest absolute Gasteiger partial charge is 0.411 e. The van der Waals surface area contributed by atoms with Crippen LogP contribution in [0.5, 0.6) is 0 Å². The lowest BCUT2D eigenvalue weighted by Crippen LogP contribution is -2.56. The number of hydrogen-bond donors (Lipinski definition) is 4. The summed E-state index contributed by atoms with van der Waals surface area (Å²) in [5, 5.41) is 41.2. The summed E-state index contributed by atoms with van der Waals surface area (Å²) in [6.07, 6.45) is 3.19. The fourth-order valence-electron chi connectivity index (χ4n) is 2.75. The second-order valence-corrected chi connectivity index (χ2v) is 7.87. The van der Waals surface area contributed by atoms with Crippen LogP contribution in [0, 0.1) is 10.1 Å². The van der Waals surface area contributed by atoms with Gasteiger partial charge < -0.3 is 25.8 Å². The third-order valence-corrected chi connectivity index (χ3v) is 4.83. The predicted molar refractivity (Wildman–Crippen MR) is 110 cm³/mol. The van der Waals surface area contributed by atoms with Gasteiger partial charge in [-0.2, -0.15) is 0 Å². The van der Waals surface area contributed by atoms with E-state index in [1.54, 1.807) is 6.92 Å². The first-order valence-electron chi connectivity index (χ1n) is 9.24. The normalized spacial score (nSPS) is 13.9. The second kappa shape index (κ2) is 10.3. The van der Waals surface area contributed by atoms with Crippen LogP contribution in [0.4, 0.5) is 5.95 Å². The average Bonchev–Trinajstić information content (AvgIpc) is 3.09. The van der Waals surface area contributed by atoms with Crippen molar-refractivity contribution in [3.05, 3.63) is 22.5 Å². The minimum atomic E-state index is -0.684. The number of oxime groups is 2. The molecule has 0 atom stereocenters. The molecule has 0 unspecified atom stereocenters. The molecule has 0 radical (unpaired) electrons. The minimum Gasteiger partial charge on any atom is -0.411 e. The number of rotatable bonds is 12. The van der Waals surface area contributed by atoms with Gasteiger partial charge in [-0.25, -0.2) is 15.0 Å². The molecule has 12 heteroatoms. The zero-order valence-electron chi connectivity index (χ0n) is 17.9. The van der Waals surface area contributed by atoms with Gasteiger partial charge >= 0.3 is 5.95 Å². The Kier molecular flexibility index (Phi) is 8.67. The van der Waals surface area contributed by atoms with Crippen molar-refractivity contribution in [3.63, 3.8) is 0 Å². The molecule has 0 bridgehead atoms. The first kappa shape index (κ1) is 24.5. The summed E-state index contributed by atoms with van der Waals surface area (Å²) >= 11 is 0. The highest BCUT2D eigenvalue weighted by Crippen LogP contribution is 2.14. The van der Waals surface area contributed by atoms with Crippen molar-refractivity contribution in [1.82, 2.24) is 25.3 Å². The summed E-state index contributed by atoms with van der Waals surface area (Å²) in [6, 6.07) is 0. The Balaban J connectivity index is 2.62. The molecule has 0 fully saturated rings. The van der Waals surface area contributed by atoms with Crippen molar-refractivity contribution in [1.29, 1.82) is 0 Å². The number of imidazole rings is 1. The quantitative estimate of drug-likeness (QED) is 0.174. The minimum absolute atomic E-state index is 0.249. The van der Waals surface area contributed by atoms with Crippen LogP contribution in [0.15, 0.2) is 22.7 Å². The summed E-state index contributed by atoms with van der Waals surface area (Å²) in [5.74, 6) is -0.249. The fraction of sp³-hybridized carbons (Fsp3) is 0.706. The molecule has 0 aromatic carbocycles. The third kappa shape index (κ3) is 7.07. The Hall–Kier alpha value is -2.57. The maximum atomic E-state index is 11.0. The molecule has 1 aromatic heterocycles. The molecule has 1 aromatic rings. The Labute approximate surface area is 170 Å². The number of likely N-dealkylation sites (N-methyl/N-ethyl adjacent to an activating group) is 1. The number of hydrogen-bond acceptors (Lipinski definition) is 10. The second-order valence-electron chi connectivity index (χ2n) is 7.87. The van der Waals surface area contributed by atoms with Crippen molar-refractivity contribution in [2.75, 3.05) is 20.1 Å². The van der Waals surface area contributed by atoms with Crippen LogP contribution in [0.3, 0.4) is 0 Å². The Morgan fingerprint density at radius 2 is 1.97 bits per heavy atom. The lowest BCUT2D eigenvalue weighted by Gasteiger charge is -2.33. The molecule has 29 heavy (non-hydrogen) atoms. The van der Waals surface area contributed by atoms with E-state index in [2.05, 4.69) is 26.0 Å². The van der Waals surface area contributed by atoms with Crippen LogP contribution in [0.1, 0.15) is 41.0 Å². The van der Waals surface area contributed by atoms with Crippen LogP contribution < -0.4 is 10.7 Å². The van der Waals surface area contributed by atoms with E-state index in [0.717, 1.165) is 0 Å². The lowest BCUT2D eigenvalue weighted by atomic mass is 9.96. The Morgan fingerprint density at radius 1 is 1.31 bits per heavy atom. The van der Waals surface area contributed by atoms with Gasteiger partial charge in [-0.1, -0.05) is 15.3 Å². The van der Waals surface area contributed by atoms with E-state index in [0.29, 0.717) is 30.9 Å². The third-order valence-electron chi connectivity index (χ3n) is 4.83. The van der Waals surface area contributed by atoms with E-state index in [-0.39, 0.29) is 12.5 Å². The van der Waals surface area contributed by atoms with Crippen LogP contribution in [0.25, 0.3) is 0 Å². The van der Waals surface area contributed by atoms with Gasteiger partial charge in [-0.3, -0.25) is 0 Å². The van der Waals surface area contributed by atoms with Crippen LogP contribution in [0.2, 0.25) is 0 Å². The van der Waals surface area contributed by atoms with E-state index in [1.807, 2.05) is 39.8 Å². The van der Waals surface area contributed by atoms with Crippen molar-refractivity contribution < 1.29 is 15.3 Å². The molecular formula is C17H32N8O4. The largest absolute Gasteiger partial charge is 0.434 e. The first-order valence-corrected chi connectivity index (χ1v) is 9.24. The monoisotopic (exact) mass is 412 g/mol. The summed E-state index contributed by atoms with van der Waals surface area (Å²) in [7, 11) is 1.86. The number of aromatic nitrogens is 2. The summed E-state index contributed by atoms with van der Waals surface area (Å²) < 4.78 is 1.40. The van der Waals surface area contributed by atoms with Crippen LogP contribution >= 0.6 is 0 Å². The van der Waals surface area contributed by atoms with Gasteiger partial charge in [0.25, 0.3) is 0 Å². The van der Waals surface area contributed by atoms with Gasteiger partial charge in [0.1, 0.15) is 12.4 Å². The SMILES string of the molecule is CC(=NO)C(C)(C)NCCN(C)NC(C)(C)C(CCn1ccnc1[N+](=O)[O-])=NO. The van der Waals surface area contributed by atoms with Gasteiger partial charge in [-0.15, -0.1) is 0 Å². The van der Waals surface area contributed by atoms with E-state index in [4.69, 9.17) is 5.21 Å². The summed E-state index contributed by atoms with van der Waals surface area (Å²) in [4.78, 5) is 14.1. The molecular weight excluding hydrogens is 380 g/mol. The van der Waals surface area contributed by atoms with Gasteiger partial charge in [0.2, 0.25) is 0 Å². The Morgan fingerprint density at radius 3 is 2.52 bits per heavy atom. The van der Waals surface area contributed by atoms with Crippen molar-refractivity contribution in [2.45, 2.75) is 58.7 Å². The Bertz CT molecular complexity index is 742. The number of nitro groups is 1. The van der Waals surface area contributed by atoms with E-state index >= 15 is 0 Å². The molecule has 0 saturated heterocycles.